The van der Waals surface area contributed by atoms with E-state index in [1.54, 1.807) is 0 Å². The molecule has 0 heterocycles. The van der Waals surface area contributed by atoms with Gasteiger partial charge in [0.25, 0.3) is 0 Å². The third-order valence-electron chi connectivity index (χ3n) is 0. The maximum absolute atomic E-state index is 8.74. The molecule has 0 aromatic rings. The predicted molar refractivity (Wildman–Crippen MR) is 17.8 cm³/mol. The molecule has 0 bridgehead atoms. The molecule has 0 aliphatic carbocycles. The molecule has 0 saturated carbocycles. The summed E-state index contributed by atoms with van der Waals surface area (Å²) in [5.74, 6) is 0. The van der Waals surface area contributed by atoms with Crippen LogP contribution in [0.15, 0.2) is 0 Å². The number of hydrogen-bond acceptors (Lipinski definition) is 2. The van der Waals surface area contributed by atoms with Gasteiger partial charge in [0.05, 0.1) is 0 Å². The molecule has 0 saturated heterocycles. The van der Waals surface area contributed by atoms with E-state index >= 15 is 0 Å². The fourth-order valence-corrected chi connectivity index (χ4v) is 0. The molecule has 0 aliphatic rings. The summed E-state index contributed by atoms with van der Waals surface area (Å²) >= 11 is 0. The van der Waals surface area contributed by atoms with Crippen LogP contribution < -0.4 is 0 Å². The fraction of sp³-hybridized carbons (Fsp3) is 0. The van der Waals surface area contributed by atoms with Gasteiger partial charge in [0, 0.05) is 49.4 Å². The van der Waals surface area contributed by atoms with Gasteiger partial charge in [0.1, 0.15) is 0 Å². The monoisotopic (exact) mass is 269 g/mol. The van der Waals surface area contributed by atoms with Gasteiger partial charge in [-0.2, -0.15) is 8.42 Å². The molecule has 0 atom stereocenters. The average molecular weight is 268 g/mol. The minimum atomic E-state index is -4.67. The zero-order valence-corrected chi connectivity index (χ0v) is 6.24. The van der Waals surface area contributed by atoms with E-state index in [4.69, 9.17) is 17.5 Å². The molecule has 0 spiro atoms. The molecule has 47 valence electrons. The first kappa shape index (κ1) is 15.8. The SMILES string of the molecule is O.O=S(=O)(O)O.[Eu]. The Morgan fingerprint density at radius 1 is 1.14 bits per heavy atom. The molecule has 0 unspecified atom stereocenters. The molecule has 0 aromatic heterocycles. The summed E-state index contributed by atoms with van der Waals surface area (Å²) in [6, 6.07) is 0. The molecule has 7 heteroatoms. The molecule has 0 amide bonds. The normalized spacial score (nSPS) is 8.29. The Bertz CT molecular complexity index is 91.2. The van der Waals surface area contributed by atoms with Gasteiger partial charge >= 0.3 is 10.4 Å². The van der Waals surface area contributed by atoms with E-state index in [2.05, 4.69) is 0 Å². The van der Waals surface area contributed by atoms with Crippen molar-refractivity contribution in [3.05, 3.63) is 0 Å². The van der Waals surface area contributed by atoms with Crippen LogP contribution in [0.25, 0.3) is 0 Å². The predicted octanol–water partition coefficient (Wildman–Crippen LogP) is -1.48. The second-order valence-corrected chi connectivity index (χ2v) is 1.34. The van der Waals surface area contributed by atoms with E-state index in [-0.39, 0.29) is 54.9 Å². The van der Waals surface area contributed by atoms with Gasteiger partial charge in [-0.05, 0) is 0 Å². The molecule has 0 fully saturated rings. The van der Waals surface area contributed by atoms with Crippen molar-refractivity contribution in [2.75, 3.05) is 0 Å². The van der Waals surface area contributed by atoms with E-state index in [1.165, 1.54) is 0 Å². The second-order valence-electron chi connectivity index (χ2n) is 0.448. The van der Waals surface area contributed by atoms with Crippen molar-refractivity contribution >= 4 is 10.4 Å². The average Bonchev–Trinajstić information content (AvgIpc) is 0.722. The van der Waals surface area contributed by atoms with Crippen LogP contribution in [-0.2, 0) is 10.4 Å². The van der Waals surface area contributed by atoms with Gasteiger partial charge in [0.2, 0.25) is 0 Å². The van der Waals surface area contributed by atoms with E-state index in [1.807, 2.05) is 0 Å². The third-order valence-corrected chi connectivity index (χ3v) is 0. The molecule has 0 aliphatic heterocycles. The van der Waals surface area contributed by atoms with Crippen molar-refractivity contribution in [3.63, 3.8) is 0 Å². The van der Waals surface area contributed by atoms with E-state index in [0.29, 0.717) is 0 Å². The van der Waals surface area contributed by atoms with Crippen molar-refractivity contribution in [2.45, 2.75) is 0 Å². The Hall–Kier alpha value is 1.41. The van der Waals surface area contributed by atoms with Crippen molar-refractivity contribution in [3.8, 4) is 0 Å². The first-order chi connectivity index (χ1) is 2.00. The van der Waals surface area contributed by atoms with Crippen molar-refractivity contribution in [1.29, 1.82) is 0 Å². The summed E-state index contributed by atoms with van der Waals surface area (Å²) in [4.78, 5) is 0. The Morgan fingerprint density at radius 3 is 1.14 bits per heavy atom. The molecule has 4 N–H and O–H groups in total. The molecule has 0 rings (SSSR count). The van der Waals surface area contributed by atoms with Crippen LogP contribution in [0.3, 0.4) is 0 Å². The van der Waals surface area contributed by atoms with Crippen LogP contribution >= 0.6 is 0 Å². The first-order valence-corrected chi connectivity index (χ1v) is 2.10. The van der Waals surface area contributed by atoms with Crippen LogP contribution in [0.4, 0.5) is 0 Å². The molecular weight excluding hydrogens is 264 g/mol. The molecule has 1 radical (unpaired) electrons. The van der Waals surface area contributed by atoms with Gasteiger partial charge in [0.15, 0.2) is 0 Å². The van der Waals surface area contributed by atoms with Gasteiger partial charge in [-0.15, -0.1) is 0 Å². The quantitative estimate of drug-likeness (QED) is 0.522. The van der Waals surface area contributed by atoms with Crippen LogP contribution in [0, 0.1) is 49.4 Å². The maximum Gasteiger partial charge on any atom is 0.394 e. The smallest absolute Gasteiger partial charge is 0.394 e. The minimum Gasteiger partial charge on any atom is -0.412 e. The number of hydrogen-bond donors (Lipinski definition) is 2. The third kappa shape index (κ3) is 109. The molecule has 0 aromatic carbocycles. The molecule has 5 nitrogen and oxygen atoms in total. The fourth-order valence-electron chi connectivity index (χ4n) is 0. The summed E-state index contributed by atoms with van der Waals surface area (Å²) in [7, 11) is -4.67. The molecule has 7 heavy (non-hydrogen) atoms. The summed E-state index contributed by atoms with van der Waals surface area (Å²) in [6.45, 7) is 0. The minimum absolute atomic E-state index is 0. The van der Waals surface area contributed by atoms with Crippen molar-refractivity contribution in [2.24, 2.45) is 0 Å². The Balaban J connectivity index is -0.0000000800. The van der Waals surface area contributed by atoms with Crippen LogP contribution in [-0.4, -0.2) is 23.0 Å². The number of rotatable bonds is 0. The Labute approximate surface area is 81.5 Å². The molecular formula is H4EuO5S. The summed E-state index contributed by atoms with van der Waals surface area (Å²) in [6.07, 6.45) is 0. The van der Waals surface area contributed by atoms with Crippen molar-refractivity contribution in [1.82, 2.24) is 0 Å². The van der Waals surface area contributed by atoms with E-state index in [0.717, 1.165) is 0 Å². The first-order valence-electron chi connectivity index (χ1n) is 0.698. The van der Waals surface area contributed by atoms with Gasteiger partial charge < -0.3 is 5.48 Å². The second kappa shape index (κ2) is 5.55. The largest absolute Gasteiger partial charge is 0.412 e. The summed E-state index contributed by atoms with van der Waals surface area (Å²) in [5, 5.41) is 0. The van der Waals surface area contributed by atoms with E-state index < -0.39 is 10.4 Å². The topological polar surface area (TPSA) is 106 Å². The Kier molecular flexibility index (Phi) is 12.5. The standard InChI is InChI=1S/Eu.H2O4S.H2O/c;1-5(2,3)4;/h;(H2,1,2,3,4);1H2. The van der Waals surface area contributed by atoms with E-state index in [9.17, 15) is 0 Å². The summed E-state index contributed by atoms with van der Waals surface area (Å²) < 4.78 is 31.6. The zero-order chi connectivity index (χ0) is 4.50. The maximum atomic E-state index is 8.74. The van der Waals surface area contributed by atoms with Gasteiger partial charge in [-0.3, -0.25) is 9.11 Å². The van der Waals surface area contributed by atoms with Crippen LogP contribution in [0.2, 0.25) is 0 Å². The zero-order valence-electron chi connectivity index (χ0n) is 3.00. The van der Waals surface area contributed by atoms with Crippen LogP contribution in [0.5, 0.6) is 0 Å². The Morgan fingerprint density at radius 2 is 1.14 bits per heavy atom. The van der Waals surface area contributed by atoms with Crippen molar-refractivity contribution < 1.29 is 72.4 Å². The summed E-state index contributed by atoms with van der Waals surface area (Å²) in [5.41, 5.74) is 0. The van der Waals surface area contributed by atoms with Crippen LogP contribution in [0.1, 0.15) is 0 Å². The van der Waals surface area contributed by atoms with Gasteiger partial charge in [-0.1, -0.05) is 0 Å². The van der Waals surface area contributed by atoms with Gasteiger partial charge in [-0.25, -0.2) is 0 Å².